The van der Waals surface area contributed by atoms with Crippen LogP contribution in [0.3, 0.4) is 0 Å². The van der Waals surface area contributed by atoms with E-state index in [1.807, 2.05) is 48.5 Å². The molecule has 2 saturated heterocycles. The zero-order valence-electron chi connectivity index (χ0n) is 21.4. The zero-order valence-corrected chi connectivity index (χ0v) is 21.4. The number of likely N-dealkylation sites (tertiary alicyclic amines) is 2. The molecule has 0 saturated carbocycles. The first-order chi connectivity index (χ1) is 17.2. The van der Waals surface area contributed by atoms with Gasteiger partial charge in [0.1, 0.15) is 17.5 Å². The summed E-state index contributed by atoms with van der Waals surface area (Å²) in [5.74, 6) is 0.740. The highest BCUT2D eigenvalue weighted by Crippen LogP contribution is 2.26. The topological polar surface area (TPSA) is 75.9 Å². The first kappa shape index (κ1) is 26.1. The zero-order chi connectivity index (χ0) is 25.7. The molecule has 0 aromatic heterocycles. The number of ether oxygens (including phenoxy) is 1. The van der Waals surface area contributed by atoms with Gasteiger partial charge in [-0.05, 0) is 100 Å². The Balaban J connectivity index is 1.29. The molecule has 2 aromatic carbocycles. The van der Waals surface area contributed by atoms with E-state index in [1.165, 1.54) is 0 Å². The SMILES string of the molecule is CC(C)(F)CN1CCC(COc2ccc(-c3ccc(C(=O)N4CCCC[C@H]4C(N)=O)cc3)cc2)CC1. The molecule has 36 heavy (non-hydrogen) atoms. The smallest absolute Gasteiger partial charge is 0.254 e. The van der Waals surface area contributed by atoms with Gasteiger partial charge in [0.15, 0.2) is 0 Å². The predicted molar refractivity (Wildman–Crippen MR) is 140 cm³/mol. The van der Waals surface area contributed by atoms with Gasteiger partial charge in [-0.1, -0.05) is 24.3 Å². The van der Waals surface area contributed by atoms with E-state index < -0.39 is 17.6 Å². The third-order valence-corrected chi connectivity index (χ3v) is 7.20. The molecule has 194 valence electrons. The highest BCUT2D eigenvalue weighted by Gasteiger charge is 2.31. The van der Waals surface area contributed by atoms with Crippen LogP contribution in [0.1, 0.15) is 56.3 Å². The predicted octanol–water partition coefficient (Wildman–Crippen LogP) is 4.67. The number of rotatable bonds is 8. The molecule has 0 aliphatic carbocycles. The molecule has 2 aliphatic heterocycles. The molecule has 2 aliphatic rings. The molecule has 2 N–H and O–H groups in total. The standard InChI is InChI=1S/C29H38FN3O3/c1-29(2,30)20-32-17-14-21(15-18-32)19-36-25-12-10-23(11-13-25)22-6-8-24(9-7-22)28(35)33-16-4-3-5-26(33)27(31)34/h6-13,21,26H,3-5,14-20H2,1-2H3,(H2,31,34)/t26-/m0/s1. The summed E-state index contributed by atoms with van der Waals surface area (Å²) in [5, 5.41) is 0. The largest absolute Gasteiger partial charge is 0.493 e. The third-order valence-electron chi connectivity index (χ3n) is 7.20. The van der Waals surface area contributed by atoms with Crippen LogP contribution in [0.4, 0.5) is 4.39 Å². The monoisotopic (exact) mass is 495 g/mol. The summed E-state index contributed by atoms with van der Waals surface area (Å²) in [7, 11) is 0. The van der Waals surface area contributed by atoms with Crippen LogP contribution in [0.25, 0.3) is 11.1 Å². The Morgan fingerprint density at radius 1 is 0.944 bits per heavy atom. The molecule has 2 heterocycles. The van der Waals surface area contributed by atoms with E-state index in [-0.39, 0.29) is 5.91 Å². The molecule has 0 radical (unpaired) electrons. The van der Waals surface area contributed by atoms with Crippen LogP contribution in [0, 0.1) is 5.92 Å². The van der Waals surface area contributed by atoms with Crippen LogP contribution >= 0.6 is 0 Å². The number of carbonyl (C=O) groups is 2. The maximum Gasteiger partial charge on any atom is 0.254 e. The summed E-state index contributed by atoms with van der Waals surface area (Å²) in [6.07, 6.45) is 4.48. The van der Waals surface area contributed by atoms with Gasteiger partial charge in [0.05, 0.1) is 6.61 Å². The van der Waals surface area contributed by atoms with Crippen LogP contribution in [0.15, 0.2) is 48.5 Å². The van der Waals surface area contributed by atoms with Gasteiger partial charge in [0.2, 0.25) is 5.91 Å². The van der Waals surface area contributed by atoms with E-state index in [2.05, 4.69) is 4.90 Å². The Bertz CT molecular complexity index is 1030. The van der Waals surface area contributed by atoms with E-state index in [0.29, 0.717) is 37.6 Å². The number of nitrogens with zero attached hydrogens (tertiary/aromatic N) is 2. The summed E-state index contributed by atoms with van der Waals surface area (Å²) in [6.45, 7) is 6.82. The first-order valence-corrected chi connectivity index (χ1v) is 13.0. The number of nitrogens with two attached hydrogens (primary N) is 1. The number of hydrogen-bond acceptors (Lipinski definition) is 4. The van der Waals surface area contributed by atoms with Crippen molar-refractivity contribution in [3.8, 4) is 16.9 Å². The molecule has 0 unspecified atom stereocenters. The Kier molecular flexibility index (Phi) is 8.29. The van der Waals surface area contributed by atoms with Gasteiger partial charge in [0, 0.05) is 18.7 Å². The Morgan fingerprint density at radius 3 is 2.14 bits per heavy atom. The maximum atomic E-state index is 13.9. The van der Waals surface area contributed by atoms with Gasteiger partial charge in [-0.2, -0.15) is 0 Å². The van der Waals surface area contributed by atoms with Crippen LogP contribution in [-0.4, -0.2) is 66.1 Å². The second kappa shape index (κ2) is 11.4. The number of hydrogen-bond donors (Lipinski definition) is 1. The number of primary amides is 1. The lowest BCUT2D eigenvalue weighted by molar-refractivity contribution is -0.123. The van der Waals surface area contributed by atoms with Gasteiger partial charge < -0.3 is 20.3 Å². The van der Waals surface area contributed by atoms with E-state index in [1.54, 1.807) is 18.7 Å². The fourth-order valence-electron chi connectivity index (χ4n) is 5.24. The van der Waals surface area contributed by atoms with Crippen molar-refractivity contribution >= 4 is 11.8 Å². The molecule has 6 nitrogen and oxygen atoms in total. The molecular formula is C29H38FN3O3. The Labute approximate surface area is 213 Å². The van der Waals surface area contributed by atoms with Crippen molar-refractivity contribution in [2.45, 2.75) is 57.7 Å². The number of piperidine rings is 2. The van der Waals surface area contributed by atoms with Crippen LogP contribution in [0.5, 0.6) is 5.75 Å². The molecule has 1 atom stereocenters. The van der Waals surface area contributed by atoms with E-state index >= 15 is 0 Å². The van der Waals surface area contributed by atoms with E-state index in [0.717, 1.165) is 55.6 Å². The summed E-state index contributed by atoms with van der Waals surface area (Å²) in [6, 6.07) is 14.9. The quantitative estimate of drug-likeness (QED) is 0.577. The number of carbonyl (C=O) groups excluding carboxylic acids is 2. The van der Waals surface area contributed by atoms with Crippen molar-refractivity contribution in [3.05, 3.63) is 54.1 Å². The molecule has 7 heteroatoms. The lowest BCUT2D eigenvalue weighted by Gasteiger charge is -2.34. The average Bonchev–Trinajstić information content (AvgIpc) is 2.87. The van der Waals surface area contributed by atoms with Crippen molar-refractivity contribution in [2.75, 3.05) is 32.8 Å². The van der Waals surface area contributed by atoms with E-state index in [9.17, 15) is 14.0 Å². The number of benzene rings is 2. The Morgan fingerprint density at radius 2 is 1.56 bits per heavy atom. The average molecular weight is 496 g/mol. The molecule has 2 fully saturated rings. The molecule has 2 aromatic rings. The van der Waals surface area contributed by atoms with Gasteiger partial charge in [-0.3, -0.25) is 9.59 Å². The minimum atomic E-state index is -1.15. The number of amides is 2. The maximum absolute atomic E-state index is 13.9. The van der Waals surface area contributed by atoms with Gasteiger partial charge in [-0.15, -0.1) is 0 Å². The summed E-state index contributed by atoms with van der Waals surface area (Å²) in [4.78, 5) is 28.5. The van der Waals surface area contributed by atoms with Crippen LogP contribution in [0.2, 0.25) is 0 Å². The van der Waals surface area contributed by atoms with E-state index in [4.69, 9.17) is 10.5 Å². The minimum absolute atomic E-state index is 0.145. The van der Waals surface area contributed by atoms with Gasteiger partial charge >= 0.3 is 0 Å². The fraction of sp³-hybridized carbons (Fsp3) is 0.517. The molecule has 4 rings (SSSR count). The van der Waals surface area contributed by atoms with Crippen molar-refractivity contribution in [1.82, 2.24) is 9.80 Å². The molecule has 2 amide bonds. The number of alkyl halides is 1. The molecular weight excluding hydrogens is 457 g/mol. The number of halogens is 1. The highest BCUT2D eigenvalue weighted by molar-refractivity contribution is 5.97. The van der Waals surface area contributed by atoms with Gasteiger partial charge in [0.25, 0.3) is 5.91 Å². The van der Waals surface area contributed by atoms with Crippen molar-refractivity contribution in [1.29, 1.82) is 0 Å². The lowest BCUT2D eigenvalue weighted by atomic mass is 9.97. The van der Waals surface area contributed by atoms with Crippen LogP contribution in [-0.2, 0) is 4.79 Å². The molecule has 0 bridgehead atoms. The first-order valence-electron chi connectivity index (χ1n) is 13.0. The van der Waals surface area contributed by atoms with Crippen molar-refractivity contribution in [3.63, 3.8) is 0 Å². The normalized spacial score (nSPS) is 19.8. The molecule has 0 spiro atoms. The van der Waals surface area contributed by atoms with Gasteiger partial charge in [-0.25, -0.2) is 4.39 Å². The Hall–Kier alpha value is -2.93. The highest BCUT2D eigenvalue weighted by atomic mass is 19.1. The second-order valence-electron chi connectivity index (χ2n) is 10.8. The summed E-state index contributed by atoms with van der Waals surface area (Å²) < 4.78 is 19.9. The second-order valence-corrected chi connectivity index (χ2v) is 10.8. The summed E-state index contributed by atoms with van der Waals surface area (Å²) in [5.41, 5.74) is 6.97. The van der Waals surface area contributed by atoms with Crippen molar-refractivity contribution in [2.24, 2.45) is 11.7 Å². The van der Waals surface area contributed by atoms with Crippen LogP contribution < -0.4 is 10.5 Å². The lowest BCUT2D eigenvalue weighted by Crippen LogP contribution is -2.50. The third kappa shape index (κ3) is 6.84. The summed E-state index contributed by atoms with van der Waals surface area (Å²) >= 11 is 0. The fourth-order valence-corrected chi connectivity index (χ4v) is 5.24. The van der Waals surface area contributed by atoms with Crippen molar-refractivity contribution < 1.29 is 18.7 Å². The minimum Gasteiger partial charge on any atom is -0.493 e.